The lowest BCUT2D eigenvalue weighted by Gasteiger charge is -2.06. The van der Waals surface area contributed by atoms with Crippen LogP contribution >= 0.6 is 0 Å². The Kier molecular flexibility index (Phi) is 5.53. The van der Waals surface area contributed by atoms with E-state index in [1.165, 1.54) is 12.1 Å². The van der Waals surface area contributed by atoms with Crippen molar-refractivity contribution in [3.05, 3.63) is 18.0 Å². The molecule has 0 fully saturated rings. The fourth-order valence-corrected chi connectivity index (χ4v) is 1.58. The number of aromatic nitrogens is 2. The van der Waals surface area contributed by atoms with Crippen LogP contribution in [0.4, 0.5) is 0 Å². The first-order valence-electron chi connectivity index (χ1n) is 6.34. The molecule has 0 radical (unpaired) electrons. The van der Waals surface area contributed by atoms with Gasteiger partial charge >= 0.3 is 0 Å². The Labute approximate surface area is 99.2 Å². The fraction of sp³-hybridized carbons (Fsp3) is 0.769. The van der Waals surface area contributed by atoms with Crippen molar-refractivity contribution in [3.63, 3.8) is 0 Å². The van der Waals surface area contributed by atoms with E-state index in [0.717, 1.165) is 25.4 Å². The van der Waals surface area contributed by atoms with Crippen LogP contribution in [0.1, 0.15) is 45.9 Å². The summed E-state index contributed by atoms with van der Waals surface area (Å²) in [4.78, 5) is 0. The van der Waals surface area contributed by atoms with E-state index in [0.29, 0.717) is 6.04 Å². The van der Waals surface area contributed by atoms with Crippen LogP contribution in [0, 0.1) is 5.92 Å². The van der Waals surface area contributed by atoms with Crippen LogP contribution in [-0.2, 0) is 6.42 Å². The average Bonchev–Trinajstić information content (AvgIpc) is 2.65. The van der Waals surface area contributed by atoms with Crippen molar-refractivity contribution < 1.29 is 0 Å². The summed E-state index contributed by atoms with van der Waals surface area (Å²) < 4.78 is 2.02. The van der Waals surface area contributed by atoms with E-state index in [-0.39, 0.29) is 0 Å². The SMILES string of the molecule is CC(C)CNCCCc1ccn(C(C)C)n1. The van der Waals surface area contributed by atoms with Crippen LogP contribution in [0.5, 0.6) is 0 Å². The van der Waals surface area contributed by atoms with Gasteiger partial charge in [0.15, 0.2) is 0 Å². The van der Waals surface area contributed by atoms with E-state index in [4.69, 9.17) is 0 Å². The summed E-state index contributed by atoms with van der Waals surface area (Å²) in [6, 6.07) is 2.59. The first-order chi connectivity index (χ1) is 7.59. The Hall–Kier alpha value is -0.830. The lowest BCUT2D eigenvalue weighted by molar-refractivity contribution is 0.519. The monoisotopic (exact) mass is 223 g/mol. The Morgan fingerprint density at radius 1 is 1.31 bits per heavy atom. The third-order valence-corrected chi connectivity index (χ3v) is 2.53. The number of hydrogen-bond donors (Lipinski definition) is 1. The molecule has 0 saturated carbocycles. The molecule has 0 aliphatic rings. The molecule has 0 unspecified atom stereocenters. The molecule has 0 bridgehead atoms. The largest absolute Gasteiger partial charge is 0.316 e. The van der Waals surface area contributed by atoms with Crippen molar-refractivity contribution in [3.8, 4) is 0 Å². The summed E-state index contributed by atoms with van der Waals surface area (Å²) in [5, 5.41) is 7.98. The second kappa shape index (κ2) is 6.69. The van der Waals surface area contributed by atoms with Gasteiger partial charge in [-0.15, -0.1) is 0 Å². The van der Waals surface area contributed by atoms with Crippen molar-refractivity contribution in [2.24, 2.45) is 5.92 Å². The first kappa shape index (κ1) is 13.2. The zero-order chi connectivity index (χ0) is 12.0. The Balaban J connectivity index is 2.17. The molecule has 3 nitrogen and oxygen atoms in total. The van der Waals surface area contributed by atoms with E-state index in [9.17, 15) is 0 Å². The Morgan fingerprint density at radius 2 is 2.06 bits per heavy atom. The van der Waals surface area contributed by atoms with Gasteiger partial charge < -0.3 is 5.32 Å². The third-order valence-electron chi connectivity index (χ3n) is 2.53. The highest BCUT2D eigenvalue weighted by Gasteiger charge is 2.01. The number of hydrogen-bond acceptors (Lipinski definition) is 2. The summed E-state index contributed by atoms with van der Waals surface area (Å²) >= 11 is 0. The van der Waals surface area contributed by atoms with Gasteiger partial charge in [0.2, 0.25) is 0 Å². The van der Waals surface area contributed by atoms with Gasteiger partial charge in [-0.25, -0.2) is 0 Å². The highest BCUT2D eigenvalue weighted by Crippen LogP contribution is 2.05. The molecule has 0 aromatic carbocycles. The van der Waals surface area contributed by atoms with Crippen LogP contribution in [0.2, 0.25) is 0 Å². The van der Waals surface area contributed by atoms with Gasteiger partial charge in [-0.2, -0.15) is 5.10 Å². The summed E-state index contributed by atoms with van der Waals surface area (Å²) in [6.45, 7) is 11.0. The molecular weight excluding hydrogens is 198 g/mol. The molecule has 0 amide bonds. The van der Waals surface area contributed by atoms with Crippen LogP contribution in [-0.4, -0.2) is 22.9 Å². The maximum absolute atomic E-state index is 4.53. The second-order valence-electron chi connectivity index (χ2n) is 5.08. The third kappa shape index (κ3) is 4.79. The highest BCUT2D eigenvalue weighted by molar-refractivity contribution is 4.99. The summed E-state index contributed by atoms with van der Waals surface area (Å²) in [6.07, 6.45) is 4.31. The molecule has 1 heterocycles. The molecular formula is C13H25N3. The molecule has 0 aliphatic heterocycles. The minimum atomic E-state index is 0.466. The van der Waals surface area contributed by atoms with Crippen LogP contribution in [0.3, 0.4) is 0 Å². The van der Waals surface area contributed by atoms with E-state index >= 15 is 0 Å². The number of rotatable bonds is 7. The molecule has 0 saturated heterocycles. The smallest absolute Gasteiger partial charge is 0.0625 e. The molecule has 1 aromatic rings. The van der Waals surface area contributed by atoms with Gasteiger partial charge in [-0.1, -0.05) is 13.8 Å². The minimum Gasteiger partial charge on any atom is -0.316 e. The predicted octanol–water partition coefficient (Wildman–Crippen LogP) is 2.64. The van der Waals surface area contributed by atoms with Gasteiger partial charge in [0.25, 0.3) is 0 Å². The number of nitrogens with zero attached hydrogens (tertiary/aromatic N) is 2. The van der Waals surface area contributed by atoms with Crippen molar-refractivity contribution in [2.45, 2.75) is 46.6 Å². The summed E-state index contributed by atoms with van der Waals surface area (Å²) in [7, 11) is 0. The van der Waals surface area contributed by atoms with Gasteiger partial charge in [0.05, 0.1) is 5.69 Å². The van der Waals surface area contributed by atoms with Crippen LogP contribution in [0.25, 0.3) is 0 Å². The van der Waals surface area contributed by atoms with E-state index in [2.05, 4.69) is 50.4 Å². The predicted molar refractivity (Wildman–Crippen MR) is 68.6 cm³/mol. The Bertz CT molecular complexity index is 289. The maximum atomic E-state index is 4.53. The van der Waals surface area contributed by atoms with Gasteiger partial charge in [-0.3, -0.25) is 4.68 Å². The first-order valence-corrected chi connectivity index (χ1v) is 6.34. The molecule has 0 aliphatic carbocycles. The van der Waals surface area contributed by atoms with Crippen LogP contribution < -0.4 is 5.32 Å². The quantitative estimate of drug-likeness (QED) is 0.720. The second-order valence-corrected chi connectivity index (χ2v) is 5.08. The molecule has 1 rings (SSSR count). The average molecular weight is 223 g/mol. The molecule has 0 atom stereocenters. The topological polar surface area (TPSA) is 29.9 Å². The van der Waals surface area contributed by atoms with Gasteiger partial charge in [-0.05, 0) is 51.8 Å². The molecule has 1 N–H and O–H groups in total. The number of nitrogens with one attached hydrogen (secondary N) is 1. The maximum Gasteiger partial charge on any atom is 0.0625 e. The van der Waals surface area contributed by atoms with Gasteiger partial charge in [0, 0.05) is 12.2 Å². The summed E-state index contributed by atoms with van der Waals surface area (Å²) in [5.74, 6) is 0.736. The van der Waals surface area contributed by atoms with Crippen LogP contribution in [0.15, 0.2) is 12.3 Å². The fourth-order valence-electron chi connectivity index (χ4n) is 1.58. The lowest BCUT2D eigenvalue weighted by Crippen LogP contribution is -2.21. The minimum absolute atomic E-state index is 0.466. The lowest BCUT2D eigenvalue weighted by atomic mass is 10.2. The summed E-state index contributed by atoms with van der Waals surface area (Å²) in [5.41, 5.74) is 1.21. The van der Waals surface area contributed by atoms with E-state index < -0.39 is 0 Å². The van der Waals surface area contributed by atoms with Crippen molar-refractivity contribution >= 4 is 0 Å². The van der Waals surface area contributed by atoms with Gasteiger partial charge in [0.1, 0.15) is 0 Å². The standard InChI is InChI=1S/C13H25N3/c1-11(2)10-14-8-5-6-13-7-9-16(15-13)12(3)4/h7,9,11-12,14H,5-6,8,10H2,1-4H3. The normalized spacial score (nSPS) is 11.6. The van der Waals surface area contributed by atoms with Crippen molar-refractivity contribution in [1.82, 2.24) is 15.1 Å². The zero-order valence-electron chi connectivity index (χ0n) is 11.0. The highest BCUT2D eigenvalue weighted by atomic mass is 15.3. The van der Waals surface area contributed by atoms with Crippen molar-refractivity contribution in [2.75, 3.05) is 13.1 Å². The molecule has 3 heteroatoms. The molecule has 1 aromatic heterocycles. The number of aryl methyl sites for hydroxylation is 1. The molecule has 16 heavy (non-hydrogen) atoms. The molecule has 92 valence electrons. The zero-order valence-corrected chi connectivity index (χ0v) is 11.0. The molecule has 0 spiro atoms. The van der Waals surface area contributed by atoms with Crippen molar-refractivity contribution in [1.29, 1.82) is 0 Å². The Morgan fingerprint density at radius 3 is 2.62 bits per heavy atom. The van der Waals surface area contributed by atoms with E-state index in [1.54, 1.807) is 0 Å². The van der Waals surface area contributed by atoms with E-state index in [1.807, 2.05) is 4.68 Å².